The van der Waals surface area contributed by atoms with E-state index < -0.39 is 5.97 Å². The Balaban J connectivity index is 2.06. The van der Waals surface area contributed by atoms with Crippen molar-refractivity contribution < 1.29 is 14.3 Å². The van der Waals surface area contributed by atoms with E-state index >= 15 is 0 Å². The smallest absolute Gasteiger partial charge is 0.354 e. The van der Waals surface area contributed by atoms with Crippen LogP contribution in [-0.4, -0.2) is 24.0 Å². The Morgan fingerprint density at radius 1 is 1.15 bits per heavy atom. The number of amides is 1. The van der Waals surface area contributed by atoms with Crippen LogP contribution < -0.4 is 5.32 Å². The van der Waals surface area contributed by atoms with Crippen molar-refractivity contribution in [2.45, 2.75) is 39.0 Å². The molecule has 2 N–H and O–H groups in total. The summed E-state index contributed by atoms with van der Waals surface area (Å²) in [6, 6.07) is 11.3. The molecule has 0 radical (unpaired) electrons. The summed E-state index contributed by atoms with van der Waals surface area (Å²) in [6.45, 7) is 6.35. The summed E-state index contributed by atoms with van der Waals surface area (Å²) < 4.78 is 4.77. The number of aromatic amines is 1. The first-order valence-electron chi connectivity index (χ1n) is 8.64. The third-order valence-electron chi connectivity index (χ3n) is 4.09. The van der Waals surface area contributed by atoms with Gasteiger partial charge in [-0.3, -0.25) is 4.79 Å². The van der Waals surface area contributed by atoms with Crippen molar-refractivity contribution in [2.75, 3.05) is 7.11 Å². The number of benzene rings is 1. The van der Waals surface area contributed by atoms with Crippen molar-refractivity contribution >= 4 is 11.9 Å². The molecule has 0 fully saturated rings. The second-order valence-corrected chi connectivity index (χ2v) is 7.12. The zero-order valence-electron chi connectivity index (χ0n) is 15.8. The van der Waals surface area contributed by atoms with Crippen molar-refractivity contribution in [1.29, 1.82) is 0 Å². The largest absolute Gasteiger partial charge is 0.464 e. The van der Waals surface area contributed by atoms with Crippen LogP contribution in [0.25, 0.3) is 0 Å². The Morgan fingerprint density at radius 2 is 1.85 bits per heavy atom. The van der Waals surface area contributed by atoms with Crippen LogP contribution in [0.2, 0.25) is 0 Å². The lowest BCUT2D eigenvalue weighted by Crippen LogP contribution is -2.28. The standard InChI is InChI=1S/C21H26N2O3/c1-21(2,3)16-12-10-15(11-13-16)19(24)23-18(20(25)26-4)9-5-7-17-8-6-14-22-17/h6,8-14,22H,5,7H2,1-4H3,(H,23,24)/b18-9+. The van der Waals surface area contributed by atoms with Gasteiger partial charge in [0.2, 0.25) is 0 Å². The van der Waals surface area contributed by atoms with Gasteiger partial charge in [0.1, 0.15) is 5.70 Å². The summed E-state index contributed by atoms with van der Waals surface area (Å²) in [5.41, 5.74) is 2.88. The lowest BCUT2D eigenvalue weighted by molar-refractivity contribution is -0.136. The number of carbonyl (C=O) groups excluding carboxylic acids is 2. The van der Waals surface area contributed by atoms with Crippen LogP contribution >= 0.6 is 0 Å². The second-order valence-electron chi connectivity index (χ2n) is 7.12. The molecule has 0 saturated heterocycles. The number of aryl methyl sites for hydroxylation is 1. The molecule has 0 unspecified atom stereocenters. The van der Waals surface area contributed by atoms with E-state index in [0.717, 1.165) is 17.7 Å². The third-order valence-corrected chi connectivity index (χ3v) is 4.09. The molecule has 1 heterocycles. The summed E-state index contributed by atoms with van der Waals surface area (Å²) >= 11 is 0. The Morgan fingerprint density at radius 3 is 2.38 bits per heavy atom. The lowest BCUT2D eigenvalue weighted by Gasteiger charge is -2.19. The van der Waals surface area contributed by atoms with Crippen LogP contribution in [0.1, 0.15) is 48.8 Å². The maximum absolute atomic E-state index is 12.5. The summed E-state index contributed by atoms with van der Waals surface area (Å²) in [7, 11) is 1.30. The molecule has 5 heteroatoms. The first-order chi connectivity index (χ1) is 12.3. The van der Waals surface area contributed by atoms with Gasteiger partial charge >= 0.3 is 5.97 Å². The van der Waals surface area contributed by atoms with Gasteiger partial charge in [-0.05, 0) is 48.1 Å². The average Bonchev–Trinajstić information content (AvgIpc) is 3.13. The normalized spacial score (nSPS) is 11.9. The number of methoxy groups -OCH3 is 1. The molecule has 0 spiro atoms. The molecule has 0 aliphatic carbocycles. The number of carbonyl (C=O) groups is 2. The quantitative estimate of drug-likeness (QED) is 0.613. The highest BCUT2D eigenvalue weighted by Gasteiger charge is 2.17. The minimum atomic E-state index is -0.559. The maximum atomic E-state index is 12.5. The molecule has 26 heavy (non-hydrogen) atoms. The lowest BCUT2D eigenvalue weighted by atomic mass is 9.87. The van der Waals surface area contributed by atoms with Crippen LogP contribution in [0.5, 0.6) is 0 Å². The number of hydrogen-bond acceptors (Lipinski definition) is 3. The molecule has 2 rings (SSSR count). The number of rotatable bonds is 6. The molecule has 0 aliphatic rings. The minimum Gasteiger partial charge on any atom is -0.464 e. The first kappa shape index (κ1) is 19.5. The number of H-pyrrole nitrogens is 1. The molecule has 2 aromatic rings. The number of allylic oxidation sites excluding steroid dienone is 1. The van der Waals surface area contributed by atoms with Gasteiger partial charge in [-0.1, -0.05) is 39.0 Å². The van der Waals surface area contributed by atoms with Crippen LogP contribution in [0, 0.1) is 0 Å². The zero-order chi connectivity index (χ0) is 19.2. The molecule has 5 nitrogen and oxygen atoms in total. The third kappa shape index (κ3) is 5.34. The van der Waals surface area contributed by atoms with Crippen LogP contribution in [-0.2, 0) is 21.4 Å². The van der Waals surface area contributed by atoms with Gasteiger partial charge in [-0.25, -0.2) is 4.79 Å². The van der Waals surface area contributed by atoms with E-state index in [1.807, 2.05) is 30.5 Å². The number of esters is 1. The van der Waals surface area contributed by atoms with Gasteiger partial charge in [0.05, 0.1) is 7.11 Å². The maximum Gasteiger partial charge on any atom is 0.354 e. The number of ether oxygens (including phenoxy) is 1. The Bertz CT molecular complexity index is 767. The van der Waals surface area contributed by atoms with Gasteiger partial charge in [0, 0.05) is 17.5 Å². The van der Waals surface area contributed by atoms with Gasteiger partial charge in [-0.2, -0.15) is 0 Å². The van der Waals surface area contributed by atoms with Gasteiger partial charge < -0.3 is 15.0 Å². The predicted molar refractivity (Wildman–Crippen MR) is 102 cm³/mol. The average molecular weight is 354 g/mol. The summed E-state index contributed by atoms with van der Waals surface area (Å²) in [4.78, 5) is 27.5. The van der Waals surface area contributed by atoms with Crippen molar-refractivity contribution in [3.05, 3.63) is 71.2 Å². The fourth-order valence-electron chi connectivity index (χ4n) is 2.51. The summed E-state index contributed by atoms with van der Waals surface area (Å²) in [5, 5.41) is 2.66. The van der Waals surface area contributed by atoms with Crippen molar-refractivity contribution in [2.24, 2.45) is 0 Å². The first-order valence-corrected chi connectivity index (χ1v) is 8.64. The predicted octanol–water partition coefficient (Wildman–Crippen LogP) is 3.73. The summed E-state index contributed by atoms with van der Waals surface area (Å²) in [5.74, 6) is -0.891. The Kier molecular flexibility index (Phi) is 6.39. The van der Waals surface area contributed by atoms with Gasteiger partial charge in [-0.15, -0.1) is 0 Å². The van der Waals surface area contributed by atoms with Crippen LogP contribution in [0.3, 0.4) is 0 Å². The van der Waals surface area contributed by atoms with E-state index in [9.17, 15) is 9.59 Å². The highest BCUT2D eigenvalue weighted by Crippen LogP contribution is 2.22. The molecule has 0 saturated carbocycles. The Labute approximate surface area is 154 Å². The van der Waals surface area contributed by atoms with Gasteiger partial charge in [0.25, 0.3) is 5.91 Å². The fourth-order valence-corrected chi connectivity index (χ4v) is 2.51. The van der Waals surface area contributed by atoms with E-state index in [0.29, 0.717) is 12.0 Å². The molecule has 1 amide bonds. The van der Waals surface area contributed by atoms with E-state index in [1.54, 1.807) is 18.2 Å². The molecular weight excluding hydrogens is 328 g/mol. The van der Waals surface area contributed by atoms with E-state index in [1.165, 1.54) is 7.11 Å². The van der Waals surface area contributed by atoms with E-state index in [2.05, 4.69) is 31.1 Å². The minimum absolute atomic E-state index is 0.0178. The van der Waals surface area contributed by atoms with Crippen molar-refractivity contribution in [1.82, 2.24) is 10.3 Å². The Hall–Kier alpha value is -2.82. The topological polar surface area (TPSA) is 71.2 Å². The highest BCUT2D eigenvalue weighted by atomic mass is 16.5. The number of nitrogens with one attached hydrogen (secondary N) is 2. The molecular formula is C21H26N2O3. The highest BCUT2D eigenvalue weighted by molar-refractivity contribution is 6.01. The molecule has 0 aliphatic heterocycles. The molecule has 0 atom stereocenters. The SMILES string of the molecule is COC(=O)/C(=C\CCc1ccc[nH]1)NC(=O)c1ccc(C(C)(C)C)cc1. The second kappa shape index (κ2) is 8.52. The zero-order valence-corrected chi connectivity index (χ0v) is 15.8. The molecule has 138 valence electrons. The summed E-state index contributed by atoms with van der Waals surface area (Å²) in [6.07, 6.45) is 4.88. The molecule has 1 aromatic heterocycles. The van der Waals surface area contributed by atoms with Crippen LogP contribution in [0.4, 0.5) is 0 Å². The van der Waals surface area contributed by atoms with Crippen molar-refractivity contribution in [3.63, 3.8) is 0 Å². The monoisotopic (exact) mass is 354 g/mol. The van der Waals surface area contributed by atoms with Gasteiger partial charge in [0.15, 0.2) is 0 Å². The fraction of sp³-hybridized carbons (Fsp3) is 0.333. The molecule has 0 bridgehead atoms. The van der Waals surface area contributed by atoms with E-state index in [-0.39, 0.29) is 17.0 Å². The molecule has 1 aromatic carbocycles. The number of aromatic nitrogens is 1. The number of hydrogen-bond donors (Lipinski definition) is 2. The van der Waals surface area contributed by atoms with E-state index in [4.69, 9.17) is 4.74 Å². The van der Waals surface area contributed by atoms with Crippen molar-refractivity contribution in [3.8, 4) is 0 Å². The van der Waals surface area contributed by atoms with Crippen LogP contribution in [0.15, 0.2) is 54.4 Å².